The molecule has 174 valence electrons. The maximum atomic E-state index is 12.4. The van der Waals surface area contributed by atoms with Crippen molar-refractivity contribution in [2.45, 2.75) is 5.37 Å². The maximum absolute atomic E-state index is 12.4. The van der Waals surface area contributed by atoms with E-state index in [9.17, 15) is 9.59 Å². The molecule has 33 heavy (non-hydrogen) atoms. The minimum Gasteiger partial charge on any atom is -0.369 e. The molecule has 1 atom stereocenters. The third-order valence-corrected chi connectivity index (χ3v) is 6.90. The molecule has 4 N–H and O–H groups in total. The summed E-state index contributed by atoms with van der Waals surface area (Å²) in [5.74, 6) is 0.0684. The van der Waals surface area contributed by atoms with Gasteiger partial charge in [-0.2, -0.15) is 0 Å². The van der Waals surface area contributed by atoms with E-state index in [0.29, 0.717) is 5.70 Å². The second-order valence-corrected chi connectivity index (χ2v) is 9.24. The molecule has 1 unspecified atom stereocenters. The van der Waals surface area contributed by atoms with Crippen molar-refractivity contribution < 1.29 is 9.59 Å². The Morgan fingerprint density at radius 2 is 1.79 bits per heavy atom. The van der Waals surface area contributed by atoms with E-state index in [1.807, 2.05) is 59.6 Å². The van der Waals surface area contributed by atoms with Crippen molar-refractivity contribution in [1.82, 2.24) is 9.88 Å². The number of carbonyl (C=O) groups excluding carboxylic acids is 2. The van der Waals surface area contributed by atoms with E-state index in [-0.39, 0.29) is 17.8 Å². The van der Waals surface area contributed by atoms with E-state index in [1.165, 1.54) is 0 Å². The van der Waals surface area contributed by atoms with Crippen LogP contribution >= 0.6 is 11.8 Å². The summed E-state index contributed by atoms with van der Waals surface area (Å²) in [6.07, 6.45) is 1.79. The Balaban J connectivity index is 1.67. The first-order chi connectivity index (χ1) is 15.8. The van der Waals surface area contributed by atoms with Crippen LogP contribution in [-0.4, -0.2) is 68.5 Å². The molecule has 9 nitrogen and oxygen atoms in total. The van der Waals surface area contributed by atoms with E-state index in [1.54, 1.807) is 18.0 Å². The summed E-state index contributed by atoms with van der Waals surface area (Å²) in [4.78, 5) is 36.4. The van der Waals surface area contributed by atoms with Crippen molar-refractivity contribution in [1.29, 1.82) is 0 Å². The SMILES string of the molecule is CN(C)c1cc(C2SC=C(C(N)=O)N2c2ccccc2N2CCN(CC(N)=O)CC2)ccn1. The fourth-order valence-electron chi connectivity index (χ4n) is 4.17. The number of pyridine rings is 1. The van der Waals surface area contributed by atoms with E-state index < -0.39 is 5.91 Å². The van der Waals surface area contributed by atoms with Crippen molar-refractivity contribution in [2.75, 3.05) is 61.5 Å². The molecular weight excluding hydrogens is 438 g/mol. The van der Waals surface area contributed by atoms with E-state index in [0.717, 1.165) is 48.9 Å². The van der Waals surface area contributed by atoms with Crippen molar-refractivity contribution >= 4 is 40.8 Å². The highest BCUT2D eigenvalue weighted by Gasteiger charge is 2.35. The molecule has 1 saturated heterocycles. The number of benzene rings is 1. The van der Waals surface area contributed by atoms with Gasteiger partial charge in [0.2, 0.25) is 5.91 Å². The summed E-state index contributed by atoms with van der Waals surface area (Å²) >= 11 is 1.56. The fraction of sp³-hybridized carbons (Fsp3) is 0.348. The minimum absolute atomic E-state index is 0.147. The zero-order chi connectivity index (χ0) is 23.5. The molecule has 2 aliphatic rings. The number of aromatic nitrogens is 1. The van der Waals surface area contributed by atoms with E-state index in [2.05, 4.69) is 20.9 Å². The second-order valence-electron chi connectivity index (χ2n) is 8.29. The van der Waals surface area contributed by atoms with Gasteiger partial charge in [-0.1, -0.05) is 12.1 Å². The van der Waals surface area contributed by atoms with Crippen LogP contribution in [0.2, 0.25) is 0 Å². The molecule has 10 heteroatoms. The molecule has 0 bridgehead atoms. The number of nitrogens with zero attached hydrogens (tertiary/aromatic N) is 5. The van der Waals surface area contributed by atoms with Gasteiger partial charge in [-0.05, 0) is 29.8 Å². The van der Waals surface area contributed by atoms with Crippen LogP contribution in [0.15, 0.2) is 53.7 Å². The minimum atomic E-state index is -0.465. The summed E-state index contributed by atoms with van der Waals surface area (Å²) in [6.45, 7) is 3.26. The molecule has 0 spiro atoms. The van der Waals surface area contributed by atoms with Gasteiger partial charge in [-0.25, -0.2) is 4.98 Å². The number of rotatable bonds is 7. The Bertz CT molecular complexity index is 1070. The highest BCUT2D eigenvalue weighted by molar-refractivity contribution is 8.02. The quantitative estimate of drug-likeness (QED) is 0.627. The number of thioether (sulfide) groups is 1. The Morgan fingerprint density at radius 3 is 2.42 bits per heavy atom. The topological polar surface area (TPSA) is 112 Å². The van der Waals surface area contributed by atoms with Gasteiger partial charge < -0.3 is 26.2 Å². The number of amides is 2. The predicted molar refractivity (Wildman–Crippen MR) is 133 cm³/mol. The van der Waals surface area contributed by atoms with Gasteiger partial charge in [0.25, 0.3) is 5.91 Å². The summed E-state index contributed by atoms with van der Waals surface area (Å²) in [5.41, 5.74) is 14.6. The standard InChI is InChI=1S/C23H29N7O2S/c1-27(2)21-13-16(7-8-26-21)23-30(19(15-33-23)22(25)32)18-6-4-3-5-17(18)29-11-9-28(10-12-29)14-20(24)31/h3-8,13,15,23H,9-12,14H2,1-2H3,(H2,24,31)(H2,25,32). The van der Waals surface area contributed by atoms with E-state index >= 15 is 0 Å². The summed E-state index contributed by atoms with van der Waals surface area (Å²) in [5, 5.41) is 1.69. The number of primary amides is 2. The zero-order valence-electron chi connectivity index (χ0n) is 18.8. The predicted octanol–water partition coefficient (Wildman–Crippen LogP) is 1.33. The lowest BCUT2D eigenvalue weighted by Gasteiger charge is -2.38. The van der Waals surface area contributed by atoms with Crippen LogP contribution in [0.5, 0.6) is 0 Å². The molecule has 1 aromatic heterocycles. The van der Waals surface area contributed by atoms with Crippen LogP contribution in [0.3, 0.4) is 0 Å². The molecule has 1 fully saturated rings. The van der Waals surface area contributed by atoms with Gasteiger partial charge in [0, 0.05) is 51.9 Å². The third-order valence-electron chi connectivity index (χ3n) is 5.80. The van der Waals surface area contributed by atoms with Gasteiger partial charge >= 0.3 is 0 Å². The number of nitrogens with two attached hydrogens (primary N) is 2. The summed E-state index contributed by atoms with van der Waals surface area (Å²) in [6, 6.07) is 12.1. The summed E-state index contributed by atoms with van der Waals surface area (Å²) < 4.78 is 0. The Hall–Kier alpha value is -3.24. The van der Waals surface area contributed by atoms with Crippen LogP contribution in [-0.2, 0) is 9.59 Å². The average molecular weight is 468 g/mol. The van der Waals surface area contributed by atoms with Gasteiger partial charge in [0.15, 0.2) is 0 Å². The Labute approximate surface area is 198 Å². The number of carbonyl (C=O) groups is 2. The first-order valence-corrected chi connectivity index (χ1v) is 11.7. The van der Waals surface area contributed by atoms with Crippen molar-refractivity contribution in [3.05, 3.63) is 59.3 Å². The van der Waals surface area contributed by atoms with Gasteiger partial charge in [-0.15, -0.1) is 11.8 Å². The fourth-order valence-corrected chi connectivity index (χ4v) is 5.31. The van der Waals surface area contributed by atoms with Crippen LogP contribution in [0, 0.1) is 0 Å². The van der Waals surface area contributed by atoms with Gasteiger partial charge in [0.05, 0.1) is 17.9 Å². The van der Waals surface area contributed by atoms with Crippen LogP contribution < -0.4 is 26.2 Å². The summed E-state index contributed by atoms with van der Waals surface area (Å²) in [7, 11) is 3.90. The number of hydrogen-bond acceptors (Lipinski definition) is 8. The molecule has 2 amide bonds. The average Bonchev–Trinajstić information content (AvgIpc) is 3.25. The first-order valence-electron chi connectivity index (χ1n) is 10.8. The maximum Gasteiger partial charge on any atom is 0.265 e. The number of anilines is 3. The smallest absolute Gasteiger partial charge is 0.265 e. The molecule has 4 rings (SSSR count). The molecule has 0 aliphatic carbocycles. The molecule has 2 aromatic rings. The second kappa shape index (κ2) is 9.72. The lowest BCUT2D eigenvalue weighted by atomic mass is 10.1. The Morgan fingerprint density at radius 1 is 1.09 bits per heavy atom. The third kappa shape index (κ3) is 4.91. The largest absolute Gasteiger partial charge is 0.369 e. The molecule has 2 aliphatic heterocycles. The molecule has 3 heterocycles. The van der Waals surface area contributed by atoms with Gasteiger partial charge in [0.1, 0.15) is 16.9 Å². The van der Waals surface area contributed by atoms with Crippen LogP contribution in [0.4, 0.5) is 17.2 Å². The van der Waals surface area contributed by atoms with Crippen molar-refractivity contribution in [3.63, 3.8) is 0 Å². The molecule has 0 radical (unpaired) electrons. The van der Waals surface area contributed by atoms with Crippen LogP contribution in [0.25, 0.3) is 0 Å². The Kier molecular flexibility index (Phi) is 6.75. The van der Waals surface area contributed by atoms with Crippen molar-refractivity contribution in [2.24, 2.45) is 11.5 Å². The molecule has 0 saturated carbocycles. The normalized spacial score (nSPS) is 18.8. The highest BCUT2D eigenvalue weighted by atomic mass is 32.2. The van der Waals surface area contributed by atoms with Gasteiger partial charge in [-0.3, -0.25) is 14.5 Å². The monoisotopic (exact) mass is 467 g/mol. The molecular formula is C23H29N7O2S. The lowest BCUT2D eigenvalue weighted by molar-refractivity contribution is -0.119. The van der Waals surface area contributed by atoms with E-state index in [4.69, 9.17) is 11.5 Å². The number of para-hydroxylation sites is 2. The highest BCUT2D eigenvalue weighted by Crippen LogP contribution is 2.48. The molecule has 1 aromatic carbocycles. The van der Waals surface area contributed by atoms with Crippen molar-refractivity contribution in [3.8, 4) is 0 Å². The van der Waals surface area contributed by atoms with Crippen LogP contribution in [0.1, 0.15) is 10.9 Å². The zero-order valence-corrected chi connectivity index (χ0v) is 19.7. The lowest BCUT2D eigenvalue weighted by Crippen LogP contribution is -2.49. The first kappa shape index (κ1) is 22.9. The number of hydrogen-bond donors (Lipinski definition) is 2. The number of piperazine rings is 1.